The monoisotopic (exact) mass is 548 g/mol. The normalized spacial score (nSPS) is 13.2. The molecule has 41 heavy (non-hydrogen) atoms. The fourth-order valence-electron chi connectivity index (χ4n) is 5.32. The Morgan fingerprint density at radius 1 is 1.00 bits per heavy atom. The lowest BCUT2D eigenvalue weighted by molar-refractivity contribution is 0.120. The summed E-state index contributed by atoms with van der Waals surface area (Å²) >= 11 is 0. The molecule has 0 atom stereocenters. The third kappa shape index (κ3) is 5.50. The molecular weight excluding hydrogens is 516 g/mol. The second kappa shape index (κ2) is 11.4. The van der Waals surface area contributed by atoms with E-state index < -0.39 is 5.76 Å². The first-order valence-corrected chi connectivity index (χ1v) is 14.1. The van der Waals surface area contributed by atoms with E-state index in [1.807, 2.05) is 79.7 Å². The number of hydrogen-bond donors (Lipinski definition) is 1. The van der Waals surface area contributed by atoms with E-state index in [0.29, 0.717) is 36.2 Å². The third-order valence-electron chi connectivity index (χ3n) is 7.61. The molecular formula is C33H32N4O4. The highest BCUT2D eigenvalue weighted by molar-refractivity contribution is 5.81. The molecule has 1 saturated carbocycles. The summed E-state index contributed by atoms with van der Waals surface area (Å²) in [5, 5.41) is 3.95. The number of nitrogens with zero attached hydrogens (tertiary/aromatic N) is 3. The van der Waals surface area contributed by atoms with Crippen LogP contribution in [0.15, 0.2) is 86.9 Å². The smallest absolute Gasteiger partial charge is 0.439 e. The largest absolute Gasteiger partial charge is 0.490 e. The van der Waals surface area contributed by atoms with Crippen LogP contribution in [0.2, 0.25) is 0 Å². The Morgan fingerprint density at radius 3 is 2.44 bits per heavy atom. The van der Waals surface area contributed by atoms with Crippen molar-refractivity contribution in [1.82, 2.24) is 19.7 Å². The summed E-state index contributed by atoms with van der Waals surface area (Å²) in [7, 11) is 0. The van der Waals surface area contributed by atoms with Crippen LogP contribution in [0.3, 0.4) is 0 Å². The van der Waals surface area contributed by atoms with Crippen LogP contribution in [0, 0.1) is 6.92 Å². The minimum absolute atomic E-state index is 0.0860. The predicted octanol–water partition coefficient (Wildman–Crippen LogP) is 6.03. The maximum Gasteiger partial charge on any atom is 0.439 e. The highest BCUT2D eigenvalue weighted by atomic mass is 16.5. The number of aromatic nitrogens is 4. The van der Waals surface area contributed by atoms with Crippen molar-refractivity contribution >= 4 is 0 Å². The molecule has 2 aromatic heterocycles. The number of aromatic amines is 1. The van der Waals surface area contributed by atoms with Crippen molar-refractivity contribution in [3.05, 3.63) is 116 Å². The molecule has 0 saturated heterocycles. The standard InChI is InChI=1S/C33H32N4O4/c1-3-8-30-29(32(38)37(21(2)34-30)24-14-16-26(17-15-24)40-25-11-7-12-25)20-22-13-18-27(23-9-5-4-6-10-23)28(19-22)31-35-33(39)41-36-31/h4-6,9-10,13-19,25H,3,7-8,11-12,20H2,1-2H3,(H,35,36,39). The maximum atomic E-state index is 14.1. The topological polar surface area (TPSA) is 103 Å². The zero-order chi connectivity index (χ0) is 28.3. The average molecular weight is 549 g/mol. The second-order valence-corrected chi connectivity index (χ2v) is 10.5. The molecule has 1 aliphatic rings. The Hall–Kier alpha value is -4.72. The molecule has 5 aromatic rings. The van der Waals surface area contributed by atoms with E-state index in [2.05, 4.69) is 17.1 Å². The summed E-state index contributed by atoms with van der Waals surface area (Å²) in [6.07, 6.45) is 5.64. The van der Waals surface area contributed by atoms with Crippen molar-refractivity contribution in [3.63, 3.8) is 0 Å². The van der Waals surface area contributed by atoms with Gasteiger partial charge in [0, 0.05) is 17.5 Å². The lowest BCUT2D eigenvalue weighted by Crippen LogP contribution is -2.28. The molecule has 0 bridgehead atoms. The fraction of sp³-hybridized carbons (Fsp3) is 0.273. The molecule has 0 unspecified atom stereocenters. The first kappa shape index (κ1) is 26.5. The van der Waals surface area contributed by atoms with Gasteiger partial charge in [0.05, 0.1) is 17.5 Å². The van der Waals surface area contributed by atoms with Gasteiger partial charge in [0.1, 0.15) is 11.6 Å². The van der Waals surface area contributed by atoms with Gasteiger partial charge in [-0.05, 0) is 79.6 Å². The zero-order valence-electron chi connectivity index (χ0n) is 23.2. The van der Waals surface area contributed by atoms with E-state index in [-0.39, 0.29) is 5.56 Å². The highest BCUT2D eigenvalue weighted by Gasteiger charge is 2.20. The van der Waals surface area contributed by atoms with Crippen LogP contribution < -0.4 is 16.1 Å². The van der Waals surface area contributed by atoms with Crippen LogP contribution in [0.25, 0.3) is 28.2 Å². The van der Waals surface area contributed by atoms with Crippen LogP contribution in [0.4, 0.5) is 0 Å². The number of hydrogen-bond acceptors (Lipinski definition) is 6. The fourth-order valence-corrected chi connectivity index (χ4v) is 5.32. The first-order chi connectivity index (χ1) is 20.0. The number of benzene rings is 3. The average Bonchev–Trinajstić information content (AvgIpc) is 3.40. The van der Waals surface area contributed by atoms with Crippen LogP contribution in [-0.4, -0.2) is 25.8 Å². The summed E-state index contributed by atoms with van der Waals surface area (Å²) in [6, 6.07) is 23.5. The zero-order valence-corrected chi connectivity index (χ0v) is 23.2. The van der Waals surface area contributed by atoms with Gasteiger partial charge >= 0.3 is 5.76 Å². The van der Waals surface area contributed by atoms with E-state index >= 15 is 0 Å². The molecule has 0 spiro atoms. The lowest BCUT2D eigenvalue weighted by Gasteiger charge is -2.26. The number of aryl methyl sites for hydroxylation is 2. The highest BCUT2D eigenvalue weighted by Crippen LogP contribution is 2.32. The second-order valence-electron chi connectivity index (χ2n) is 10.5. The van der Waals surface area contributed by atoms with Crippen LogP contribution in [0.5, 0.6) is 5.75 Å². The van der Waals surface area contributed by atoms with Gasteiger partial charge < -0.3 is 4.74 Å². The van der Waals surface area contributed by atoms with E-state index in [4.69, 9.17) is 14.2 Å². The Balaban J connectivity index is 1.40. The summed E-state index contributed by atoms with van der Waals surface area (Å²) < 4.78 is 12.5. The molecule has 6 rings (SSSR count). The predicted molar refractivity (Wildman–Crippen MR) is 158 cm³/mol. The lowest BCUT2D eigenvalue weighted by atomic mass is 9.94. The summed E-state index contributed by atoms with van der Waals surface area (Å²) in [5.41, 5.74) is 5.63. The molecule has 1 N–H and O–H groups in total. The molecule has 208 valence electrons. The number of rotatable bonds is 9. The van der Waals surface area contributed by atoms with Crippen LogP contribution >= 0.6 is 0 Å². The van der Waals surface area contributed by atoms with Gasteiger partial charge in [0.25, 0.3) is 5.56 Å². The van der Waals surface area contributed by atoms with Crippen molar-refractivity contribution in [3.8, 4) is 34.0 Å². The molecule has 0 aliphatic heterocycles. The third-order valence-corrected chi connectivity index (χ3v) is 7.61. The van der Waals surface area contributed by atoms with E-state index in [1.54, 1.807) is 4.57 Å². The van der Waals surface area contributed by atoms with Gasteiger partial charge in [-0.3, -0.25) is 18.9 Å². The Labute approximate surface area is 237 Å². The summed E-state index contributed by atoms with van der Waals surface area (Å²) in [5.74, 6) is 1.18. The van der Waals surface area contributed by atoms with Crippen LogP contribution in [0.1, 0.15) is 55.3 Å². The molecule has 1 aliphatic carbocycles. The minimum Gasteiger partial charge on any atom is -0.490 e. The van der Waals surface area contributed by atoms with E-state index in [9.17, 15) is 9.59 Å². The SMILES string of the molecule is CCCc1nc(C)n(-c2ccc(OC3CCC3)cc2)c(=O)c1Cc1ccc(-c2ccccc2)c(-c2noc(=O)[nH]2)c1. The Kier molecular flexibility index (Phi) is 7.37. The van der Waals surface area contributed by atoms with Gasteiger partial charge in [-0.2, -0.15) is 0 Å². The van der Waals surface area contributed by atoms with Gasteiger partial charge in [0.2, 0.25) is 0 Å². The molecule has 1 fully saturated rings. The van der Waals surface area contributed by atoms with Gasteiger partial charge in [0.15, 0.2) is 5.82 Å². The van der Waals surface area contributed by atoms with E-state index in [1.165, 1.54) is 6.42 Å². The summed E-state index contributed by atoms with van der Waals surface area (Å²) in [6.45, 7) is 3.96. The Morgan fingerprint density at radius 2 is 1.78 bits per heavy atom. The molecule has 0 radical (unpaired) electrons. The number of ether oxygens (including phenoxy) is 1. The number of nitrogens with one attached hydrogen (secondary N) is 1. The molecule has 3 aromatic carbocycles. The summed E-state index contributed by atoms with van der Waals surface area (Å²) in [4.78, 5) is 33.4. The van der Waals surface area contributed by atoms with Crippen molar-refractivity contribution in [2.75, 3.05) is 0 Å². The van der Waals surface area contributed by atoms with Crippen LogP contribution in [-0.2, 0) is 12.8 Å². The van der Waals surface area contributed by atoms with Crippen molar-refractivity contribution < 1.29 is 9.26 Å². The van der Waals surface area contributed by atoms with Crippen molar-refractivity contribution in [1.29, 1.82) is 0 Å². The maximum absolute atomic E-state index is 14.1. The molecule has 8 heteroatoms. The minimum atomic E-state index is -0.621. The molecule has 2 heterocycles. The molecule has 0 amide bonds. The van der Waals surface area contributed by atoms with Gasteiger partial charge in [-0.25, -0.2) is 9.78 Å². The van der Waals surface area contributed by atoms with Crippen molar-refractivity contribution in [2.24, 2.45) is 0 Å². The van der Waals surface area contributed by atoms with Gasteiger partial charge in [-0.1, -0.05) is 61.0 Å². The number of H-pyrrole nitrogens is 1. The first-order valence-electron chi connectivity index (χ1n) is 14.1. The van der Waals surface area contributed by atoms with Gasteiger partial charge in [-0.15, -0.1) is 0 Å². The van der Waals surface area contributed by atoms with E-state index in [0.717, 1.165) is 58.6 Å². The molecule has 8 nitrogen and oxygen atoms in total. The quantitative estimate of drug-likeness (QED) is 0.241. The Bertz CT molecular complexity index is 1780. The van der Waals surface area contributed by atoms with Crippen molar-refractivity contribution in [2.45, 2.75) is 58.5 Å².